The average molecular weight is 417 g/mol. The van der Waals surface area contributed by atoms with Crippen molar-refractivity contribution in [1.82, 2.24) is 5.32 Å². The molecule has 0 bridgehead atoms. The molecule has 4 nitrogen and oxygen atoms in total. The topological polar surface area (TPSA) is 55.4 Å². The summed E-state index contributed by atoms with van der Waals surface area (Å²) >= 11 is 15.0. The number of hydrogen-bond acceptors (Lipinski definition) is 3. The van der Waals surface area contributed by atoms with Gasteiger partial charge in [-0.05, 0) is 35.9 Å². The SMILES string of the molecule is O=C(COC(=O)c1ccc(Cl)c(Cl)c1)NCc1cccc(Br)c1. The number of benzene rings is 2. The number of rotatable bonds is 5. The summed E-state index contributed by atoms with van der Waals surface area (Å²) in [5.41, 5.74) is 1.17. The highest BCUT2D eigenvalue weighted by molar-refractivity contribution is 9.10. The Morgan fingerprint density at radius 1 is 1.09 bits per heavy atom. The highest BCUT2D eigenvalue weighted by Gasteiger charge is 2.11. The van der Waals surface area contributed by atoms with E-state index in [2.05, 4.69) is 21.2 Å². The number of carbonyl (C=O) groups excluding carboxylic acids is 2. The first kappa shape index (κ1) is 17.8. The fraction of sp³-hybridized carbons (Fsp3) is 0.125. The maximum atomic E-state index is 11.8. The summed E-state index contributed by atoms with van der Waals surface area (Å²) in [5, 5.41) is 3.26. The zero-order chi connectivity index (χ0) is 16.8. The number of halogens is 3. The molecule has 0 aliphatic rings. The van der Waals surface area contributed by atoms with Gasteiger partial charge in [0.25, 0.3) is 5.91 Å². The van der Waals surface area contributed by atoms with Crippen LogP contribution in [0.25, 0.3) is 0 Å². The van der Waals surface area contributed by atoms with Gasteiger partial charge in [0, 0.05) is 11.0 Å². The minimum atomic E-state index is -0.638. The Kier molecular flexibility index (Phi) is 6.45. The highest BCUT2D eigenvalue weighted by Crippen LogP contribution is 2.22. The van der Waals surface area contributed by atoms with Crippen molar-refractivity contribution in [3.8, 4) is 0 Å². The van der Waals surface area contributed by atoms with Crippen LogP contribution in [0.1, 0.15) is 15.9 Å². The highest BCUT2D eigenvalue weighted by atomic mass is 79.9. The third-order valence-corrected chi connectivity index (χ3v) is 4.10. The van der Waals surface area contributed by atoms with Crippen molar-refractivity contribution in [3.63, 3.8) is 0 Å². The van der Waals surface area contributed by atoms with Crippen molar-refractivity contribution >= 4 is 51.0 Å². The first-order valence-corrected chi connectivity index (χ1v) is 8.14. The number of carbonyl (C=O) groups is 2. The molecule has 2 aromatic rings. The van der Waals surface area contributed by atoms with Crippen molar-refractivity contribution in [2.24, 2.45) is 0 Å². The van der Waals surface area contributed by atoms with E-state index in [1.54, 1.807) is 0 Å². The Hall–Kier alpha value is -1.56. The van der Waals surface area contributed by atoms with Gasteiger partial charge in [-0.2, -0.15) is 0 Å². The first-order chi connectivity index (χ1) is 11.0. The summed E-state index contributed by atoms with van der Waals surface area (Å²) in [6.45, 7) is -0.0182. The standard InChI is InChI=1S/C16H12BrCl2NO3/c17-12-3-1-2-10(6-12)8-20-15(21)9-23-16(22)11-4-5-13(18)14(19)7-11/h1-7H,8-9H2,(H,20,21). The summed E-state index contributed by atoms with van der Waals surface area (Å²) in [4.78, 5) is 23.5. The molecule has 23 heavy (non-hydrogen) atoms. The Labute approximate surface area is 151 Å². The van der Waals surface area contributed by atoms with Gasteiger partial charge in [-0.25, -0.2) is 4.79 Å². The normalized spacial score (nSPS) is 10.2. The molecule has 2 rings (SSSR count). The molecule has 0 unspecified atom stereocenters. The van der Waals surface area contributed by atoms with Crippen LogP contribution in [0.5, 0.6) is 0 Å². The molecular formula is C16H12BrCl2NO3. The lowest BCUT2D eigenvalue weighted by molar-refractivity contribution is -0.124. The second kappa shape index (κ2) is 8.34. The molecule has 0 saturated carbocycles. The van der Waals surface area contributed by atoms with Crippen LogP contribution in [0.15, 0.2) is 46.9 Å². The lowest BCUT2D eigenvalue weighted by atomic mass is 10.2. The van der Waals surface area contributed by atoms with E-state index in [4.69, 9.17) is 27.9 Å². The minimum Gasteiger partial charge on any atom is -0.452 e. The van der Waals surface area contributed by atoms with Gasteiger partial charge in [0.15, 0.2) is 6.61 Å². The molecule has 0 saturated heterocycles. The smallest absolute Gasteiger partial charge is 0.338 e. The Morgan fingerprint density at radius 2 is 1.87 bits per heavy atom. The molecule has 0 aromatic heterocycles. The lowest BCUT2D eigenvalue weighted by Gasteiger charge is -2.07. The van der Waals surface area contributed by atoms with Crippen molar-refractivity contribution < 1.29 is 14.3 Å². The van der Waals surface area contributed by atoms with E-state index in [0.29, 0.717) is 11.6 Å². The van der Waals surface area contributed by atoms with Crippen LogP contribution in [-0.2, 0) is 16.1 Å². The molecule has 2 aromatic carbocycles. The predicted molar refractivity (Wildman–Crippen MR) is 92.7 cm³/mol. The van der Waals surface area contributed by atoms with E-state index in [1.807, 2.05) is 24.3 Å². The van der Waals surface area contributed by atoms with E-state index >= 15 is 0 Å². The van der Waals surface area contributed by atoms with Crippen molar-refractivity contribution in [2.75, 3.05) is 6.61 Å². The third kappa shape index (κ3) is 5.53. The monoisotopic (exact) mass is 415 g/mol. The summed E-state index contributed by atoms with van der Waals surface area (Å²) in [5.74, 6) is -1.03. The van der Waals surface area contributed by atoms with Gasteiger partial charge in [0.2, 0.25) is 0 Å². The Morgan fingerprint density at radius 3 is 2.57 bits per heavy atom. The molecule has 0 aliphatic carbocycles. The van der Waals surface area contributed by atoms with Gasteiger partial charge in [-0.1, -0.05) is 51.3 Å². The molecule has 7 heteroatoms. The molecule has 0 radical (unpaired) electrons. The van der Waals surface area contributed by atoms with E-state index < -0.39 is 11.9 Å². The molecule has 1 amide bonds. The van der Waals surface area contributed by atoms with Crippen LogP contribution in [-0.4, -0.2) is 18.5 Å². The number of ether oxygens (including phenoxy) is 1. The fourth-order valence-electron chi connectivity index (χ4n) is 1.74. The molecule has 1 N–H and O–H groups in total. The van der Waals surface area contributed by atoms with E-state index in [0.717, 1.165) is 10.0 Å². The molecule has 0 heterocycles. The van der Waals surface area contributed by atoms with Gasteiger partial charge in [0.1, 0.15) is 0 Å². The second-order valence-electron chi connectivity index (χ2n) is 4.61. The van der Waals surface area contributed by atoms with Crippen LogP contribution in [0.4, 0.5) is 0 Å². The molecule has 0 aliphatic heterocycles. The summed E-state index contributed by atoms with van der Waals surface area (Å²) in [6, 6.07) is 11.9. The van der Waals surface area contributed by atoms with Crippen LogP contribution in [0.2, 0.25) is 10.0 Å². The van der Waals surface area contributed by atoms with Gasteiger partial charge < -0.3 is 10.1 Å². The van der Waals surface area contributed by atoms with Gasteiger partial charge >= 0.3 is 5.97 Å². The quantitative estimate of drug-likeness (QED) is 0.742. The number of hydrogen-bond donors (Lipinski definition) is 1. The second-order valence-corrected chi connectivity index (χ2v) is 6.34. The third-order valence-electron chi connectivity index (χ3n) is 2.87. The maximum absolute atomic E-state index is 11.8. The van der Waals surface area contributed by atoms with Crippen molar-refractivity contribution in [2.45, 2.75) is 6.54 Å². The van der Waals surface area contributed by atoms with Crippen LogP contribution in [0, 0.1) is 0 Å². The Balaban J connectivity index is 1.81. The number of esters is 1. The largest absolute Gasteiger partial charge is 0.452 e. The van der Waals surface area contributed by atoms with Gasteiger partial charge in [0.05, 0.1) is 15.6 Å². The lowest BCUT2D eigenvalue weighted by Crippen LogP contribution is -2.28. The summed E-state index contributed by atoms with van der Waals surface area (Å²) in [7, 11) is 0. The van der Waals surface area contributed by atoms with Gasteiger partial charge in [-0.15, -0.1) is 0 Å². The number of nitrogens with one attached hydrogen (secondary N) is 1. The minimum absolute atomic E-state index is 0.235. The molecule has 0 atom stereocenters. The molecule has 0 spiro atoms. The zero-order valence-corrected chi connectivity index (χ0v) is 14.9. The maximum Gasteiger partial charge on any atom is 0.338 e. The molecular weight excluding hydrogens is 405 g/mol. The van der Waals surface area contributed by atoms with E-state index in [-0.39, 0.29) is 17.2 Å². The number of amides is 1. The average Bonchev–Trinajstić information content (AvgIpc) is 2.53. The zero-order valence-electron chi connectivity index (χ0n) is 11.8. The van der Waals surface area contributed by atoms with Crippen molar-refractivity contribution in [3.05, 3.63) is 68.1 Å². The van der Waals surface area contributed by atoms with Crippen LogP contribution < -0.4 is 5.32 Å². The first-order valence-electron chi connectivity index (χ1n) is 6.59. The van der Waals surface area contributed by atoms with E-state index in [9.17, 15) is 9.59 Å². The summed E-state index contributed by atoms with van der Waals surface area (Å²) in [6.07, 6.45) is 0. The predicted octanol–water partition coefficient (Wildman–Crippen LogP) is 4.23. The van der Waals surface area contributed by atoms with Gasteiger partial charge in [-0.3, -0.25) is 4.79 Å². The molecule has 120 valence electrons. The van der Waals surface area contributed by atoms with Crippen LogP contribution in [0.3, 0.4) is 0 Å². The summed E-state index contributed by atoms with van der Waals surface area (Å²) < 4.78 is 5.86. The van der Waals surface area contributed by atoms with Crippen LogP contribution >= 0.6 is 39.1 Å². The Bertz CT molecular complexity index is 737. The molecule has 0 fully saturated rings. The fourth-order valence-corrected chi connectivity index (χ4v) is 2.48. The van der Waals surface area contributed by atoms with Crippen molar-refractivity contribution in [1.29, 1.82) is 0 Å². The van der Waals surface area contributed by atoms with E-state index in [1.165, 1.54) is 18.2 Å².